The minimum Gasteiger partial charge on any atom is -0.211 e. The van der Waals surface area contributed by atoms with E-state index in [1.54, 1.807) is 7.05 Å². The van der Waals surface area contributed by atoms with Gasteiger partial charge in [-0.25, -0.2) is 8.42 Å². The topological polar surface area (TPSA) is 37.4 Å². The number of alkyl halides is 1. The molecule has 1 aromatic rings. The molecule has 0 spiro atoms. The van der Waals surface area contributed by atoms with Crippen LogP contribution < -0.4 is 0 Å². The number of rotatable bonds is 4. The molecule has 1 rings (SSSR count). The standard InChI is InChI=1S/C9H11Br2NO2S/c1-12(15(13,14)7-10)6-8-2-4-9(11)5-3-8/h2-5H,6-7H2,1H3. The van der Waals surface area contributed by atoms with Gasteiger partial charge in [0.15, 0.2) is 0 Å². The van der Waals surface area contributed by atoms with E-state index < -0.39 is 10.0 Å². The maximum atomic E-state index is 11.4. The quantitative estimate of drug-likeness (QED) is 0.777. The lowest BCUT2D eigenvalue weighted by Gasteiger charge is -2.15. The Morgan fingerprint density at radius 1 is 1.27 bits per heavy atom. The number of benzene rings is 1. The summed E-state index contributed by atoms with van der Waals surface area (Å²) < 4.78 is 25.1. The van der Waals surface area contributed by atoms with Crippen molar-refractivity contribution in [3.8, 4) is 0 Å². The molecule has 15 heavy (non-hydrogen) atoms. The zero-order valence-electron chi connectivity index (χ0n) is 8.15. The van der Waals surface area contributed by atoms with Crippen molar-refractivity contribution in [3.63, 3.8) is 0 Å². The van der Waals surface area contributed by atoms with E-state index in [0.717, 1.165) is 10.0 Å². The first kappa shape index (κ1) is 13.2. The third-order valence-electron chi connectivity index (χ3n) is 1.93. The predicted molar refractivity (Wildman–Crippen MR) is 68.3 cm³/mol. The third-order valence-corrected chi connectivity index (χ3v) is 5.55. The first-order valence-corrected chi connectivity index (χ1v) is 7.72. The minimum atomic E-state index is -3.17. The lowest BCUT2D eigenvalue weighted by atomic mass is 10.2. The van der Waals surface area contributed by atoms with Crippen molar-refractivity contribution in [2.45, 2.75) is 6.54 Å². The van der Waals surface area contributed by atoms with E-state index in [9.17, 15) is 8.42 Å². The van der Waals surface area contributed by atoms with Crippen molar-refractivity contribution in [2.75, 3.05) is 11.7 Å². The molecule has 0 bridgehead atoms. The van der Waals surface area contributed by atoms with Crippen molar-refractivity contribution >= 4 is 41.9 Å². The highest BCUT2D eigenvalue weighted by Gasteiger charge is 2.15. The Morgan fingerprint density at radius 3 is 2.27 bits per heavy atom. The fraction of sp³-hybridized carbons (Fsp3) is 0.333. The number of halogens is 2. The SMILES string of the molecule is CN(Cc1ccc(Br)cc1)S(=O)(=O)CBr. The van der Waals surface area contributed by atoms with Crippen molar-refractivity contribution in [1.29, 1.82) is 0 Å². The van der Waals surface area contributed by atoms with Crippen LogP contribution in [0.1, 0.15) is 5.56 Å². The molecule has 0 atom stereocenters. The Kier molecular flexibility index (Phi) is 4.76. The molecule has 3 nitrogen and oxygen atoms in total. The molecule has 0 unspecified atom stereocenters. The van der Waals surface area contributed by atoms with Gasteiger partial charge in [0.25, 0.3) is 0 Å². The first-order chi connectivity index (χ1) is 6.95. The average molecular weight is 357 g/mol. The molecule has 0 saturated heterocycles. The van der Waals surface area contributed by atoms with E-state index >= 15 is 0 Å². The lowest BCUT2D eigenvalue weighted by molar-refractivity contribution is 0.471. The lowest BCUT2D eigenvalue weighted by Crippen LogP contribution is -2.26. The van der Waals surface area contributed by atoms with E-state index in [4.69, 9.17) is 0 Å². The van der Waals surface area contributed by atoms with Crippen LogP contribution in [0.25, 0.3) is 0 Å². The minimum absolute atomic E-state index is 0.0486. The second-order valence-electron chi connectivity index (χ2n) is 3.10. The maximum absolute atomic E-state index is 11.4. The molecule has 0 radical (unpaired) electrons. The molecule has 0 aromatic heterocycles. The van der Waals surface area contributed by atoms with Gasteiger partial charge in [-0.1, -0.05) is 44.0 Å². The zero-order valence-corrected chi connectivity index (χ0v) is 12.1. The molecule has 0 aliphatic rings. The van der Waals surface area contributed by atoms with Gasteiger partial charge in [0.2, 0.25) is 10.0 Å². The van der Waals surface area contributed by atoms with E-state index in [1.807, 2.05) is 24.3 Å². The molecule has 0 N–H and O–H groups in total. The van der Waals surface area contributed by atoms with Gasteiger partial charge >= 0.3 is 0 Å². The normalized spacial score (nSPS) is 12.0. The molecule has 6 heteroatoms. The van der Waals surface area contributed by atoms with Crippen molar-refractivity contribution < 1.29 is 8.42 Å². The van der Waals surface area contributed by atoms with Gasteiger partial charge in [-0.2, -0.15) is 4.31 Å². The van der Waals surface area contributed by atoms with Gasteiger partial charge in [0, 0.05) is 18.1 Å². The molecular weight excluding hydrogens is 346 g/mol. The Balaban J connectivity index is 2.75. The van der Waals surface area contributed by atoms with Gasteiger partial charge < -0.3 is 0 Å². The van der Waals surface area contributed by atoms with E-state index in [0.29, 0.717) is 6.54 Å². The second-order valence-corrected chi connectivity index (χ2v) is 7.40. The van der Waals surface area contributed by atoms with Crippen LogP contribution in [0.15, 0.2) is 28.7 Å². The Bertz CT molecular complexity index is 416. The predicted octanol–water partition coefficient (Wildman–Crippen LogP) is 2.56. The van der Waals surface area contributed by atoms with E-state index in [1.165, 1.54) is 4.31 Å². The van der Waals surface area contributed by atoms with Crippen LogP contribution in [0.2, 0.25) is 0 Å². The van der Waals surface area contributed by atoms with Gasteiger partial charge in [-0.15, -0.1) is 0 Å². The Hall–Kier alpha value is 0.0900. The van der Waals surface area contributed by atoms with Crippen LogP contribution >= 0.6 is 31.9 Å². The van der Waals surface area contributed by atoms with Crippen LogP contribution in [-0.2, 0) is 16.6 Å². The summed E-state index contributed by atoms with van der Waals surface area (Å²) in [5, 5.41) is 0. The highest BCUT2D eigenvalue weighted by molar-refractivity contribution is 9.10. The van der Waals surface area contributed by atoms with E-state index in [2.05, 4.69) is 31.9 Å². The van der Waals surface area contributed by atoms with Gasteiger partial charge in [0.1, 0.15) is 4.66 Å². The van der Waals surface area contributed by atoms with Crippen LogP contribution in [0.3, 0.4) is 0 Å². The Labute approximate surface area is 107 Å². The zero-order chi connectivity index (χ0) is 11.5. The highest BCUT2D eigenvalue weighted by atomic mass is 79.9. The molecule has 0 aliphatic carbocycles. The van der Waals surface area contributed by atoms with Crippen molar-refractivity contribution in [1.82, 2.24) is 4.31 Å². The van der Waals surface area contributed by atoms with Crippen LogP contribution in [-0.4, -0.2) is 24.4 Å². The molecule has 0 amide bonds. The van der Waals surface area contributed by atoms with Crippen LogP contribution in [0.4, 0.5) is 0 Å². The number of sulfonamides is 1. The summed E-state index contributed by atoms with van der Waals surface area (Å²) in [6.07, 6.45) is 0. The summed E-state index contributed by atoms with van der Waals surface area (Å²) in [4.78, 5) is 0. The Morgan fingerprint density at radius 2 is 1.80 bits per heavy atom. The largest absolute Gasteiger partial charge is 0.224 e. The molecule has 0 heterocycles. The monoisotopic (exact) mass is 355 g/mol. The molecule has 84 valence electrons. The fourth-order valence-electron chi connectivity index (χ4n) is 1.03. The second kappa shape index (κ2) is 5.43. The number of nitrogens with zero attached hydrogens (tertiary/aromatic N) is 1. The molecular formula is C9H11Br2NO2S. The maximum Gasteiger partial charge on any atom is 0.224 e. The van der Waals surface area contributed by atoms with E-state index in [-0.39, 0.29) is 4.66 Å². The number of hydrogen-bond acceptors (Lipinski definition) is 2. The summed E-state index contributed by atoms with van der Waals surface area (Å²) in [5.74, 6) is 0. The first-order valence-electron chi connectivity index (χ1n) is 4.20. The molecule has 0 aliphatic heterocycles. The summed E-state index contributed by atoms with van der Waals surface area (Å²) in [7, 11) is -1.60. The molecule has 1 aromatic carbocycles. The number of hydrogen-bond donors (Lipinski definition) is 0. The summed E-state index contributed by atoms with van der Waals surface area (Å²) in [6, 6.07) is 7.57. The van der Waals surface area contributed by atoms with Gasteiger partial charge in [-0.3, -0.25) is 0 Å². The summed E-state index contributed by atoms with van der Waals surface area (Å²) >= 11 is 6.28. The molecule has 0 fully saturated rings. The summed E-state index contributed by atoms with van der Waals surface area (Å²) in [6.45, 7) is 0.390. The van der Waals surface area contributed by atoms with Gasteiger partial charge in [-0.05, 0) is 17.7 Å². The van der Waals surface area contributed by atoms with Gasteiger partial charge in [0.05, 0.1) is 0 Å². The van der Waals surface area contributed by atoms with Crippen molar-refractivity contribution in [3.05, 3.63) is 34.3 Å². The highest BCUT2D eigenvalue weighted by Crippen LogP contribution is 2.13. The smallest absolute Gasteiger partial charge is 0.211 e. The van der Waals surface area contributed by atoms with Crippen molar-refractivity contribution in [2.24, 2.45) is 0 Å². The summed E-state index contributed by atoms with van der Waals surface area (Å²) in [5.41, 5.74) is 0.963. The third kappa shape index (κ3) is 3.86. The molecule has 0 saturated carbocycles. The average Bonchev–Trinajstić information content (AvgIpc) is 2.21. The van der Waals surface area contributed by atoms with Crippen LogP contribution in [0.5, 0.6) is 0 Å². The fourth-order valence-corrected chi connectivity index (χ4v) is 2.85. The van der Waals surface area contributed by atoms with Crippen LogP contribution in [0, 0.1) is 0 Å².